The zero-order valence-corrected chi connectivity index (χ0v) is 9.93. The van der Waals surface area contributed by atoms with Gasteiger partial charge in [-0.1, -0.05) is 0 Å². The summed E-state index contributed by atoms with van der Waals surface area (Å²) < 4.78 is 15.8. The second-order valence-electron chi connectivity index (χ2n) is 4.40. The predicted molar refractivity (Wildman–Crippen MR) is 67.0 cm³/mol. The molecule has 0 amide bonds. The Bertz CT molecular complexity index is 598. The van der Waals surface area contributed by atoms with Gasteiger partial charge in [-0.15, -0.1) is 0 Å². The van der Waals surface area contributed by atoms with Gasteiger partial charge in [-0.2, -0.15) is 0 Å². The first kappa shape index (κ1) is 11.3. The van der Waals surface area contributed by atoms with Crippen LogP contribution in [-0.4, -0.2) is 19.3 Å². The van der Waals surface area contributed by atoms with Gasteiger partial charge in [0.05, 0.1) is 19.3 Å². The van der Waals surface area contributed by atoms with E-state index in [2.05, 4.69) is 0 Å². The van der Waals surface area contributed by atoms with Crippen LogP contribution >= 0.6 is 0 Å². The van der Waals surface area contributed by atoms with Gasteiger partial charge >= 0.3 is 5.63 Å². The first-order chi connectivity index (χ1) is 8.81. The molecular formula is C14H14O4. The molecule has 0 radical (unpaired) electrons. The van der Waals surface area contributed by atoms with Crippen LogP contribution in [0.4, 0.5) is 0 Å². The van der Waals surface area contributed by atoms with Crippen LogP contribution in [0.15, 0.2) is 39.5 Å². The normalized spacial score (nSPS) is 17.9. The second kappa shape index (κ2) is 4.82. The first-order valence-electron chi connectivity index (χ1n) is 6.09. The smallest absolute Gasteiger partial charge is 0.336 e. The zero-order chi connectivity index (χ0) is 12.4. The third kappa shape index (κ3) is 2.71. The highest BCUT2D eigenvalue weighted by atomic mass is 16.6. The lowest BCUT2D eigenvalue weighted by molar-refractivity contribution is 0.293. The third-order valence-electron chi connectivity index (χ3n) is 2.94. The van der Waals surface area contributed by atoms with Gasteiger partial charge in [0.2, 0.25) is 0 Å². The van der Waals surface area contributed by atoms with Crippen molar-refractivity contribution in [2.45, 2.75) is 18.9 Å². The summed E-state index contributed by atoms with van der Waals surface area (Å²) in [5.74, 6) is 0.730. The molecular weight excluding hydrogens is 232 g/mol. The highest BCUT2D eigenvalue weighted by Gasteiger charge is 2.21. The summed E-state index contributed by atoms with van der Waals surface area (Å²) in [5, 5.41) is 0.897. The number of fused-ring (bicyclic) bond motifs is 1. The van der Waals surface area contributed by atoms with Crippen molar-refractivity contribution in [2.24, 2.45) is 0 Å². The first-order valence-corrected chi connectivity index (χ1v) is 6.09. The molecule has 1 saturated heterocycles. The van der Waals surface area contributed by atoms with E-state index in [0.29, 0.717) is 18.3 Å². The van der Waals surface area contributed by atoms with E-state index in [9.17, 15) is 4.79 Å². The van der Waals surface area contributed by atoms with E-state index in [1.807, 2.05) is 12.1 Å². The number of hydrogen-bond acceptors (Lipinski definition) is 4. The van der Waals surface area contributed by atoms with Crippen LogP contribution in [0.5, 0.6) is 5.75 Å². The van der Waals surface area contributed by atoms with Crippen molar-refractivity contribution in [3.05, 3.63) is 40.8 Å². The minimum absolute atomic E-state index is 0.342. The molecule has 1 atom stereocenters. The molecule has 0 bridgehead atoms. The van der Waals surface area contributed by atoms with Gasteiger partial charge in [-0.05, 0) is 31.0 Å². The Balaban J connectivity index is 1.65. The molecule has 4 heteroatoms. The molecule has 2 aromatic rings. The fourth-order valence-electron chi connectivity index (χ4n) is 1.87. The van der Waals surface area contributed by atoms with Crippen LogP contribution in [0.3, 0.4) is 0 Å². The van der Waals surface area contributed by atoms with E-state index in [-0.39, 0.29) is 5.63 Å². The van der Waals surface area contributed by atoms with E-state index < -0.39 is 0 Å². The SMILES string of the molecule is O=c1ccc2ccc(OCCCC3CO3)cc2o1. The van der Waals surface area contributed by atoms with E-state index in [4.69, 9.17) is 13.9 Å². The monoisotopic (exact) mass is 246 g/mol. The number of rotatable bonds is 5. The molecule has 0 saturated carbocycles. The van der Waals surface area contributed by atoms with Crippen molar-refractivity contribution in [1.82, 2.24) is 0 Å². The van der Waals surface area contributed by atoms with Crippen molar-refractivity contribution in [3.8, 4) is 5.75 Å². The largest absolute Gasteiger partial charge is 0.493 e. The van der Waals surface area contributed by atoms with Gasteiger partial charge in [-0.3, -0.25) is 0 Å². The summed E-state index contributed by atoms with van der Waals surface area (Å²) in [6.07, 6.45) is 2.47. The molecule has 1 aliphatic rings. The van der Waals surface area contributed by atoms with Crippen molar-refractivity contribution < 1.29 is 13.9 Å². The maximum Gasteiger partial charge on any atom is 0.336 e. The van der Waals surface area contributed by atoms with E-state index in [1.54, 1.807) is 12.1 Å². The number of epoxide rings is 1. The molecule has 1 aliphatic heterocycles. The molecule has 1 aromatic heterocycles. The van der Waals surface area contributed by atoms with Gasteiger partial charge in [0, 0.05) is 17.5 Å². The molecule has 0 aliphatic carbocycles. The van der Waals surface area contributed by atoms with Crippen molar-refractivity contribution in [1.29, 1.82) is 0 Å². The standard InChI is InChI=1S/C14H14O4/c15-14-6-4-10-3-5-11(8-13(10)18-14)16-7-1-2-12-9-17-12/h3-6,8,12H,1-2,7,9H2. The van der Waals surface area contributed by atoms with Crippen LogP contribution < -0.4 is 10.4 Å². The van der Waals surface area contributed by atoms with Crippen LogP contribution in [-0.2, 0) is 4.74 Å². The second-order valence-corrected chi connectivity index (χ2v) is 4.40. The molecule has 0 N–H and O–H groups in total. The van der Waals surface area contributed by atoms with Crippen LogP contribution in [0.25, 0.3) is 11.0 Å². The van der Waals surface area contributed by atoms with Crippen molar-refractivity contribution in [3.63, 3.8) is 0 Å². The van der Waals surface area contributed by atoms with E-state index >= 15 is 0 Å². The molecule has 18 heavy (non-hydrogen) atoms. The number of ether oxygens (including phenoxy) is 2. The Morgan fingerprint density at radius 2 is 2.11 bits per heavy atom. The average molecular weight is 246 g/mol. The summed E-state index contributed by atoms with van der Waals surface area (Å²) in [4.78, 5) is 11.1. The number of hydrogen-bond donors (Lipinski definition) is 0. The summed E-state index contributed by atoms with van der Waals surface area (Å²) in [6.45, 7) is 1.55. The summed E-state index contributed by atoms with van der Waals surface area (Å²) in [6, 6.07) is 8.69. The van der Waals surface area contributed by atoms with Crippen LogP contribution in [0.1, 0.15) is 12.8 Å². The third-order valence-corrected chi connectivity index (χ3v) is 2.94. The highest BCUT2D eigenvalue weighted by Crippen LogP contribution is 2.20. The Hall–Kier alpha value is -1.81. The minimum atomic E-state index is -0.342. The molecule has 1 unspecified atom stereocenters. The molecule has 1 aromatic carbocycles. The summed E-state index contributed by atoms with van der Waals surface area (Å²) in [7, 11) is 0. The van der Waals surface area contributed by atoms with Gasteiger partial charge < -0.3 is 13.9 Å². The van der Waals surface area contributed by atoms with Crippen LogP contribution in [0.2, 0.25) is 0 Å². The predicted octanol–water partition coefficient (Wildman–Crippen LogP) is 2.35. The summed E-state index contributed by atoms with van der Waals surface area (Å²) >= 11 is 0. The molecule has 2 heterocycles. The number of benzene rings is 1. The van der Waals surface area contributed by atoms with Crippen molar-refractivity contribution in [2.75, 3.05) is 13.2 Å². The molecule has 1 fully saturated rings. The fraction of sp³-hybridized carbons (Fsp3) is 0.357. The lowest BCUT2D eigenvalue weighted by Gasteiger charge is -2.05. The molecule has 3 rings (SSSR count). The average Bonchev–Trinajstić information content (AvgIpc) is 3.18. The van der Waals surface area contributed by atoms with E-state index in [1.165, 1.54) is 6.07 Å². The Kier molecular flexibility index (Phi) is 3.02. The lowest BCUT2D eigenvalue weighted by Crippen LogP contribution is -2.00. The Morgan fingerprint density at radius 1 is 1.28 bits per heavy atom. The lowest BCUT2D eigenvalue weighted by atomic mass is 10.2. The maximum atomic E-state index is 11.1. The van der Waals surface area contributed by atoms with Gasteiger partial charge in [0.1, 0.15) is 11.3 Å². The fourth-order valence-corrected chi connectivity index (χ4v) is 1.87. The Labute approximate surface area is 104 Å². The summed E-state index contributed by atoms with van der Waals surface area (Å²) in [5.41, 5.74) is 0.219. The van der Waals surface area contributed by atoms with Crippen LogP contribution in [0, 0.1) is 0 Å². The molecule has 94 valence electrons. The van der Waals surface area contributed by atoms with Gasteiger partial charge in [-0.25, -0.2) is 4.79 Å². The molecule has 4 nitrogen and oxygen atoms in total. The topological polar surface area (TPSA) is 52.0 Å². The van der Waals surface area contributed by atoms with E-state index in [0.717, 1.165) is 30.6 Å². The Morgan fingerprint density at radius 3 is 2.94 bits per heavy atom. The quantitative estimate of drug-likeness (QED) is 0.461. The highest BCUT2D eigenvalue weighted by molar-refractivity contribution is 5.77. The molecule has 0 spiro atoms. The maximum absolute atomic E-state index is 11.1. The minimum Gasteiger partial charge on any atom is -0.493 e. The van der Waals surface area contributed by atoms with Gasteiger partial charge in [0.25, 0.3) is 0 Å². The van der Waals surface area contributed by atoms with Crippen molar-refractivity contribution >= 4 is 11.0 Å². The van der Waals surface area contributed by atoms with Gasteiger partial charge in [0.15, 0.2) is 0 Å². The zero-order valence-electron chi connectivity index (χ0n) is 9.93.